The summed E-state index contributed by atoms with van der Waals surface area (Å²) in [5.74, 6) is 1.25. The number of rotatable bonds is 3. The predicted octanol–water partition coefficient (Wildman–Crippen LogP) is 1.94. The number of benzene rings is 1. The van der Waals surface area contributed by atoms with Crippen molar-refractivity contribution in [3.63, 3.8) is 0 Å². The van der Waals surface area contributed by atoms with Gasteiger partial charge in [-0.2, -0.15) is 10.1 Å². The van der Waals surface area contributed by atoms with Crippen molar-refractivity contribution in [3.05, 3.63) is 54.0 Å². The third-order valence-corrected chi connectivity index (χ3v) is 6.20. The molecule has 4 heterocycles. The lowest BCUT2D eigenvalue weighted by Crippen LogP contribution is -2.57. The van der Waals surface area contributed by atoms with Crippen LogP contribution in [0.3, 0.4) is 0 Å². The molecule has 2 N–H and O–H groups in total. The van der Waals surface area contributed by atoms with Gasteiger partial charge in [-0.25, -0.2) is 15.0 Å². The molecular formula is C22H28N8. The highest BCUT2D eigenvalue weighted by atomic mass is 15.6. The van der Waals surface area contributed by atoms with Gasteiger partial charge < -0.3 is 10.6 Å². The Morgan fingerprint density at radius 1 is 1.03 bits per heavy atom. The summed E-state index contributed by atoms with van der Waals surface area (Å²) < 4.78 is 1.86. The van der Waals surface area contributed by atoms with Gasteiger partial charge in [0.1, 0.15) is 5.82 Å². The quantitative estimate of drug-likeness (QED) is 0.715. The molecule has 0 radical (unpaired) electrons. The van der Waals surface area contributed by atoms with Gasteiger partial charge in [-0.3, -0.25) is 4.68 Å². The van der Waals surface area contributed by atoms with E-state index in [1.165, 1.54) is 22.3 Å². The summed E-state index contributed by atoms with van der Waals surface area (Å²) in [5, 5.41) is 9.37. The maximum absolute atomic E-state index is 5.76. The molecule has 156 valence electrons. The Bertz CT molecular complexity index is 1040. The number of piperazine rings is 1. The smallest absolute Gasteiger partial charge is 0.221 e. The zero-order valence-corrected chi connectivity index (χ0v) is 17.6. The number of aryl methyl sites for hydroxylation is 1. The minimum Gasteiger partial charge on any atom is -0.368 e. The van der Waals surface area contributed by atoms with E-state index < -0.39 is 0 Å². The maximum atomic E-state index is 5.76. The molecule has 1 saturated heterocycles. The number of hydrogen-bond acceptors (Lipinski definition) is 7. The van der Waals surface area contributed by atoms with Crippen molar-refractivity contribution >= 4 is 11.8 Å². The largest absolute Gasteiger partial charge is 0.368 e. The summed E-state index contributed by atoms with van der Waals surface area (Å²) >= 11 is 0. The van der Waals surface area contributed by atoms with Crippen LogP contribution in [0, 0.1) is 0 Å². The van der Waals surface area contributed by atoms with Crippen molar-refractivity contribution in [2.45, 2.75) is 25.9 Å². The van der Waals surface area contributed by atoms with Gasteiger partial charge in [-0.05, 0) is 42.2 Å². The molecule has 2 aromatic heterocycles. The van der Waals surface area contributed by atoms with Gasteiger partial charge in [-0.1, -0.05) is 12.1 Å². The van der Waals surface area contributed by atoms with Gasteiger partial charge in [0.25, 0.3) is 0 Å². The molecule has 1 unspecified atom stereocenters. The lowest BCUT2D eigenvalue weighted by molar-refractivity contribution is -0.0726. The number of nitrogens with two attached hydrogens (primary N) is 1. The third-order valence-electron chi connectivity index (χ3n) is 6.20. The summed E-state index contributed by atoms with van der Waals surface area (Å²) in [5.41, 5.74) is 11.0. The Balaban J connectivity index is 1.30. The predicted molar refractivity (Wildman–Crippen MR) is 118 cm³/mol. The molecule has 0 aliphatic carbocycles. The van der Waals surface area contributed by atoms with E-state index in [4.69, 9.17) is 5.73 Å². The average molecular weight is 405 g/mol. The van der Waals surface area contributed by atoms with E-state index in [0.29, 0.717) is 12.0 Å². The zero-order valence-electron chi connectivity index (χ0n) is 17.6. The first-order valence-electron chi connectivity index (χ1n) is 10.5. The Kier molecular flexibility index (Phi) is 4.88. The fraction of sp³-hybridized carbons (Fsp3) is 0.409. The molecule has 8 nitrogen and oxygen atoms in total. The molecule has 5 rings (SSSR count). The van der Waals surface area contributed by atoms with Crippen molar-refractivity contribution in [1.29, 1.82) is 0 Å². The number of fused-ring (bicyclic) bond motifs is 1. The molecule has 30 heavy (non-hydrogen) atoms. The van der Waals surface area contributed by atoms with Crippen LogP contribution in [0.2, 0.25) is 0 Å². The second-order valence-electron chi connectivity index (χ2n) is 8.25. The van der Waals surface area contributed by atoms with E-state index in [9.17, 15) is 0 Å². The van der Waals surface area contributed by atoms with Crippen molar-refractivity contribution in [1.82, 2.24) is 29.8 Å². The van der Waals surface area contributed by atoms with Crippen LogP contribution in [0.4, 0.5) is 11.8 Å². The standard InChI is InChI=1S/C22H28N8/c1-16-11-17-3-4-18(20-13-25-27(2)14-20)12-19(17)15-30(16)29-9-7-28(8-10-29)21-5-6-24-22(23)26-21/h3-6,12-14,16H,7-11,15H2,1-2H3,(H2,23,24,26). The van der Waals surface area contributed by atoms with E-state index >= 15 is 0 Å². The van der Waals surface area contributed by atoms with E-state index in [-0.39, 0.29) is 0 Å². The Hall–Kier alpha value is -2.97. The second kappa shape index (κ2) is 7.70. The van der Waals surface area contributed by atoms with E-state index in [1.54, 1.807) is 6.20 Å². The molecule has 2 aliphatic heterocycles. The molecule has 0 saturated carbocycles. The molecule has 1 atom stereocenters. The molecule has 1 aromatic carbocycles. The van der Waals surface area contributed by atoms with Crippen LogP contribution in [0.1, 0.15) is 18.1 Å². The highest BCUT2D eigenvalue weighted by Gasteiger charge is 2.30. The molecule has 8 heteroatoms. The summed E-state index contributed by atoms with van der Waals surface area (Å²) in [6, 6.07) is 9.28. The Morgan fingerprint density at radius 3 is 2.60 bits per heavy atom. The van der Waals surface area contributed by atoms with Crippen LogP contribution in [0.5, 0.6) is 0 Å². The molecular weight excluding hydrogens is 376 g/mol. The maximum Gasteiger partial charge on any atom is 0.221 e. The number of anilines is 2. The monoisotopic (exact) mass is 404 g/mol. The first kappa shape index (κ1) is 19.0. The van der Waals surface area contributed by atoms with Crippen molar-refractivity contribution in [2.75, 3.05) is 36.8 Å². The van der Waals surface area contributed by atoms with Crippen molar-refractivity contribution < 1.29 is 0 Å². The first-order chi connectivity index (χ1) is 14.6. The topological polar surface area (TPSA) is 79.3 Å². The molecule has 0 bridgehead atoms. The minimum absolute atomic E-state index is 0.334. The van der Waals surface area contributed by atoms with Crippen molar-refractivity contribution in [2.24, 2.45) is 7.05 Å². The molecule has 2 aliphatic rings. The number of hydrogen-bond donors (Lipinski definition) is 1. The SMILES string of the molecule is CC1Cc2ccc(-c3cnn(C)c3)cc2CN1N1CCN(c2ccnc(N)n2)CC1. The minimum atomic E-state index is 0.334. The highest BCUT2D eigenvalue weighted by molar-refractivity contribution is 5.63. The second-order valence-corrected chi connectivity index (χ2v) is 8.25. The Morgan fingerprint density at radius 2 is 1.87 bits per heavy atom. The summed E-state index contributed by atoms with van der Waals surface area (Å²) in [6.07, 6.45) is 6.81. The third kappa shape index (κ3) is 3.64. The summed E-state index contributed by atoms with van der Waals surface area (Å²) in [6.45, 7) is 7.10. The van der Waals surface area contributed by atoms with Crippen LogP contribution in [0.15, 0.2) is 42.9 Å². The molecule has 0 amide bonds. The fourth-order valence-corrected chi connectivity index (χ4v) is 4.58. The zero-order chi connectivity index (χ0) is 20.7. The van der Waals surface area contributed by atoms with Crippen LogP contribution in [-0.4, -0.2) is 62.0 Å². The van der Waals surface area contributed by atoms with Crippen LogP contribution in [0.25, 0.3) is 11.1 Å². The Labute approximate surface area is 176 Å². The van der Waals surface area contributed by atoms with Crippen LogP contribution >= 0.6 is 0 Å². The van der Waals surface area contributed by atoms with Gasteiger partial charge in [-0.15, -0.1) is 0 Å². The summed E-state index contributed by atoms with van der Waals surface area (Å²) in [7, 11) is 1.96. The van der Waals surface area contributed by atoms with Gasteiger partial charge in [0, 0.05) is 63.8 Å². The highest BCUT2D eigenvalue weighted by Crippen LogP contribution is 2.30. The number of aromatic nitrogens is 4. The molecule has 0 spiro atoms. The first-order valence-corrected chi connectivity index (χ1v) is 10.5. The lowest BCUT2D eigenvalue weighted by atomic mass is 9.93. The molecule has 3 aromatic rings. The van der Waals surface area contributed by atoms with Gasteiger partial charge in [0.05, 0.1) is 6.20 Å². The fourth-order valence-electron chi connectivity index (χ4n) is 4.58. The lowest BCUT2D eigenvalue weighted by Gasteiger charge is -2.46. The van der Waals surface area contributed by atoms with Gasteiger partial charge >= 0.3 is 0 Å². The van der Waals surface area contributed by atoms with E-state index in [2.05, 4.69) is 61.3 Å². The molecule has 1 fully saturated rings. The van der Waals surface area contributed by atoms with Gasteiger partial charge in [0.2, 0.25) is 5.95 Å². The normalized spacial score (nSPS) is 20.3. The van der Waals surface area contributed by atoms with E-state index in [1.807, 2.05) is 24.0 Å². The van der Waals surface area contributed by atoms with Crippen molar-refractivity contribution in [3.8, 4) is 11.1 Å². The number of hydrazine groups is 1. The summed E-state index contributed by atoms with van der Waals surface area (Å²) in [4.78, 5) is 10.7. The average Bonchev–Trinajstić information content (AvgIpc) is 3.19. The van der Waals surface area contributed by atoms with Crippen LogP contribution in [-0.2, 0) is 20.0 Å². The number of nitrogens with zero attached hydrogens (tertiary/aromatic N) is 7. The van der Waals surface area contributed by atoms with Gasteiger partial charge in [0.15, 0.2) is 0 Å². The van der Waals surface area contributed by atoms with Crippen LogP contribution < -0.4 is 10.6 Å². The van der Waals surface area contributed by atoms with E-state index in [0.717, 1.165) is 45.0 Å². The number of nitrogen functional groups attached to an aromatic ring is 1.